The van der Waals surface area contributed by atoms with Crippen LogP contribution in [0.3, 0.4) is 0 Å². The third kappa shape index (κ3) is 3.93. The first-order chi connectivity index (χ1) is 9.24. The minimum Gasteiger partial charge on any atom is -0.396 e. The summed E-state index contributed by atoms with van der Waals surface area (Å²) in [4.78, 5) is 14.6. The maximum atomic E-state index is 12.6. The first-order valence-corrected chi connectivity index (χ1v) is 7.84. The Balaban J connectivity index is 1.87. The van der Waals surface area contributed by atoms with E-state index in [0.29, 0.717) is 17.7 Å². The molecule has 4 nitrogen and oxygen atoms in total. The van der Waals surface area contributed by atoms with Gasteiger partial charge in [-0.15, -0.1) is 0 Å². The highest BCUT2D eigenvalue weighted by molar-refractivity contribution is 5.79. The van der Waals surface area contributed by atoms with Crippen LogP contribution in [0.5, 0.6) is 0 Å². The monoisotopic (exact) mass is 268 g/mol. The highest BCUT2D eigenvalue weighted by Gasteiger charge is 2.32. The van der Waals surface area contributed by atoms with Crippen molar-refractivity contribution < 1.29 is 9.90 Å². The van der Waals surface area contributed by atoms with Gasteiger partial charge in [-0.05, 0) is 56.9 Å². The van der Waals surface area contributed by atoms with Gasteiger partial charge in [0.25, 0.3) is 0 Å². The Kier molecular flexibility index (Phi) is 5.64. The van der Waals surface area contributed by atoms with Crippen molar-refractivity contribution in [2.45, 2.75) is 44.9 Å². The molecule has 0 aromatic rings. The summed E-state index contributed by atoms with van der Waals surface area (Å²) in [7, 11) is 0. The van der Waals surface area contributed by atoms with Crippen molar-refractivity contribution in [3.05, 3.63) is 0 Å². The van der Waals surface area contributed by atoms with Gasteiger partial charge in [-0.2, -0.15) is 0 Å². The Morgan fingerprint density at radius 3 is 2.74 bits per heavy atom. The average molecular weight is 268 g/mol. The molecule has 1 saturated heterocycles. The number of hydrogen-bond donors (Lipinski definition) is 2. The topological polar surface area (TPSA) is 66.6 Å². The smallest absolute Gasteiger partial charge is 0.225 e. The SMILES string of the molecule is NCC1CCCC(C(=O)N2CCCC(CCO)C2)C1. The molecule has 4 heteroatoms. The van der Waals surface area contributed by atoms with E-state index in [1.165, 1.54) is 6.42 Å². The molecule has 3 atom stereocenters. The summed E-state index contributed by atoms with van der Waals surface area (Å²) in [5.74, 6) is 1.59. The third-order valence-corrected chi connectivity index (χ3v) is 4.83. The largest absolute Gasteiger partial charge is 0.396 e. The van der Waals surface area contributed by atoms with E-state index in [9.17, 15) is 4.79 Å². The molecular formula is C15H28N2O2. The van der Waals surface area contributed by atoms with Crippen LogP contribution in [0.25, 0.3) is 0 Å². The van der Waals surface area contributed by atoms with Gasteiger partial charge in [-0.3, -0.25) is 4.79 Å². The fourth-order valence-electron chi connectivity index (χ4n) is 3.67. The van der Waals surface area contributed by atoms with Crippen molar-refractivity contribution in [3.63, 3.8) is 0 Å². The standard InChI is InChI=1S/C15H28N2O2/c16-10-13-3-1-5-14(9-13)15(19)17-7-2-4-12(11-17)6-8-18/h12-14,18H,1-11,16H2. The zero-order chi connectivity index (χ0) is 13.7. The Labute approximate surface area is 116 Å². The normalized spacial score (nSPS) is 32.3. The molecule has 0 radical (unpaired) electrons. The lowest BCUT2D eigenvalue weighted by Crippen LogP contribution is -2.44. The summed E-state index contributed by atoms with van der Waals surface area (Å²) in [6, 6.07) is 0. The van der Waals surface area contributed by atoms with Crippen LogP contribution < -0.4 is 5.73 Å². The van der Waals surface area contributed by atoms with Crippen molar-refractivity contribution in [1.82, 2.24) is 4.90 Å². The van der Waals surface area contributed by atoms with Crippen LogP contribution in [0.4, 0.5) is 0 Å². The van der Waals surface area contributed by atoms with Crippen molar-refractivity contribution >= 4 is 5.91 Å². The van der Waals surface area contributed by atoms with E-state index in [4.69, 9.17) is 10.8 Å². The maximum Gasteiger partial charge on any atom is 0.225 e. The van der Waals surface area contributed by atoms with E-state index in [2.05, 4.69) is 0 Å². The number of aliphatic hydroxyl groups is 1. The Bertz CT molecular complexity index is 294. The zero-order valence-electron chi connectivity index (χ0n) is 11.9. The molecular weight excluding hydrogens is 240 g/mol. The van der Waals surface area contributed by atoms with Gasteiger partial charge < -0.3 is 15.7 Å². The second-order valence-electron chi connectivity index (χ2n) is 6.27. The molecule has 0 spiro atoms. The molecule has 3 unspecified atom stereocenters. The molecule has 0 aromatic carbocycles. The molecule has 1 aliphatic heterocycles. The van der Waals surface area contributed by atoms with Crippen molar-refractivity contribution in [2.24, 2.45) is 23.5 Å². The molecule has 3 N–H and O–H groups in total. The lowest BCUT2D eigenvalue weighted by molar-refractivity contribution is -0.139. The molecule has 110 valence electrons. The van der Waals surface area contributed by atoms with E-state index in [-0.39, 0.29) is 12.5 Å². The summed E-state index contributed by atoms with van der Waals surface area (Å²) in [5, 5.41) is 9.04. The Morgan fingerprint density at radius 2 is 2.00 bits per heavy atom. The van der Waals surface area contributed by atoms with Crippen molar-refractivity contribution in [1.29, 1.82) is 0 Å². The lowest BCUT2D eigenvalue weighted by atomic mass is 9.80. The second kappa shape index (κ2) is 7.25. The number of carbonyl (C=O) groups is 1. The van der Waals surface area contributed by atoms with E-state index >= 15 is 0 Å². The number of nitrogens with two attached hydrogens (primary N) is 1. The first-order valence-electron chi connectivity index (χ1n) is 7.84. The number of aliphatic hydroxyl groups excluding tert-OH is 1. The number of hydrogen-bond acceptors (Lipinski definition) is 3. The van der Waals surface area contributed by atoms with Crippen LogP contribution in [0.2, 0.25) is 0 Å². The van der Waals surface area contributed by atoms with Crippen LogP contribution in [0.1, 0.15) is 44.9 Å². The molecule has 0 aromatic heterocycles. The van der Waals surface area contributed by atoms with Crippen LogP contribution in [-0.4, -0.2) is 42.2 Å². The van der Waals surface area contributed by atoms with Crippen molar-refractivity contribution in [2.75, 3.05) is 26.2 Å². The number of nitrogens with zero attached hydrogens (tertiary/aromatic N) is 1. The van der Waals surface area contributed by atoms with Gasteiger partial charge >= 0.3 is 0 Å². The van der Waals surface area contributed by atoms with Gasteiger partial charge in [0, 0.05) is 25.6 Å². The average Bonchev–Trinajstić information content (AvgIpc) is 2.47. The van der Waals surface area contributed by atoms with E-state index in [1.807, 2.05) is 4.90 Å². The van der Waals surface area contributed by atoms with Gasteiger partial charge in [-0.1, -0.05) is 6.42 Å². The molecule has 2 aliphatic rings. The first kappa shape index (κ1) is 14.8. The molecule has 19 heavy (non-hydrogen) atoms. The fraction of sp³-hybridized carbons (Fsp3) is 0.933. The van der Waals surface area contributed by atoms with Crippen molar-refractivity contribution in [3.8, 4) is 0 Å². The molecule has 1 aliphatic carbocycles. The number of rotatable bonds is 4. The number of likely N-dealkylation sites (tertiary alicyclic amines) is 1. The Morgan fingerprint density at radius 1 is 1.21 bits per heavy atom. The molecule has 2 rings (SSSR count). The Hall–Kier alpha value is -0.610. The summed E-state index contributed by atoms with van der Waals surface area (Å²) >= 11 is 0. The molecule has 1 heterocycles. The van der Waals surface area contributed by atoms with Gasteiger partial charge in [0.1, 0.15) is 0 Å². The molecule has 1 saturated carbocycles. The van der Waals surface area contributed by atoms with Gasteiger partial charge in [-0.25, -0.2) is 0 Å². The maximum absolute atomic E-state index is 12.6. The molecule has 2 fully saturated rings. The third-order valence-electron chi connectivity index (χ3n) is 4.83. The van der Waals surface area contributed by atoms with Crippen LogP contribution >= 0.6 is 0 Å². The van der Waals surface area contributed by atoms with E-state index in [0.717, 1.165) is 58.2 Å². The van der Waals surface area contributed by atoms with Gasteiger partial charge in [0.2, 0.25) is 5.91 Å². The van der Waals surface area contributed by atoms with Crippen LogP contribution in [-0.2, 0) is 4.79 Å². The summed E-state index contributed by atoms with van der Waals surface area (Å²) in [6.07, 6.45) is 7.43. The highest BCUT2D eigenvalue weighted by atomic mass is 16.3. The number of carbonyl (C=O) groups excluding carboxylic acids is 1. The number of amides is 1. The summed E-state index contributed by atoms with van der Waals surface area (Å²) in [6.45, 7) is 2.72. The zero-order valence-corrected chi connectivity index (χ0v) is 11.9. The minimum atomic E-state index is 0.204. The molecule has 1 amide bonds. The second-order valence-corrected chi connectivity index (χ2v) is 6.27. The van der Waals surface area contributed by atoms with Crippen LogP contribution in [0, 0.1) is 17.8 Å². The molecule has 0 bridgehead atoms. The lowest BCUT2D eigenvalue weighted by Gasteiger charge is -2.37. The quantitative estimate of drug-likeness (QED) is 0.809. The van der Waals surface area contributed by atoms with Crippen LogP contribution in [0.15, 0.2) is 0 Å². The fourth-order valence-corrected chi connectivity index (χ4v) is 3.67. The summed E-state index contributed by atoms with van der Waals surface area (Å²) in [5.41, 5.74) is 5.75. The van der Waals surface area contributed by atoms with Gasteiger partial charge in [0.05, 0.1) is 0 Å². The van der Waals surface area contributed by atoms with Gasteiger partial charge in [0.15, 0.2) is 0 Å². The number of piperidine rings is 1. The highest BCUT2D eigenvalue weighted by Crippen LogP contribution is 2.31. The summed E-state index contributed by atoms with van der Waals surface area (Å²) < 4.78 is 0. The minimum absolute atomic E-state index is 0.204. The van der Waals surface area contributed by atoms with E-state index in [1.54, 1.807) is 0 Å². The predicted octanol–water partition coefficient (Wildman–Crippen LogP) is 1.37. The predicted molar refractivity (Wildman–Crippen MR) is 75.5 cm³/mol. The van der Waals surface area contributed by atoms with E-state index < -0.39 is 0 Å².